The van der Waals surface area contributed by atoms with Crippen molar-refractivity contribution < 1.29 is 9.90 Å². The molecule has 6 rings (SSSR count). The zero-order chi connectivity index (χ0) is 28.4. The quantitative estimate of drug-likeness (QED) is 0.195. The molecule has 2 fully saturated rings. The second-order valence-electron chi connectivity index (χ2n) is 11.1. The Morgan fingerprint density at radius 1 is 0.923 bits per heavy atom. The zero-order valence-electron chi connectivity index (χ0n) is 22.4. The summed E-state index contributed by atoms with van der Waals surface area (Å²) >= 11 is 8.85. The molecule has 2 aliphatic carbocycles. The molecule has 1 unspecified atom stereocenters. The average Bonchev–Trinajstić information content (AvgIpc) is 3.46. The van der Waals surface area contributed by atoms with Crippen LogP contribution in [-0.2, 0) is 27.2 Å². The van der Waals surface area contributed by atoms with Crippen LogP contribution in [0.25, 0.3) is 0 Å². The maximum Gasteiger partial charge on any atom is 0.153 e. The van der Waals surface area contributed by atoms with Crippen LogP contribution >= 0.6 is 54.5 Å². The minimum atomic E-state index is -0.691. The molecule has 210 valence electrons. The molecular formula is C26H33Br2IN8O2. The van der Waals surface area contributed by atoms with Crippen molar-refractivity contribution in [2.75, 3.05) is 0 Å². The van der Waals surface area contributed by atoms with Crippen LogP contribution in [0.5, 0.6) is 0 Å². The molecule has 0 radical (unpaired) electrons. The van der Waals surface area contributed by atoms with Gasteiger partial charge in [0.15, 0.2) is 6.29 Å². The third-order valence-corrected chi connectivity index (χ3v) is 9.63. The summed E-state index contributed by atoms with van der Waals surface area (Å²) in [5.74, 6) is 0. The number of rotatable bonds is 7. The van der Waals surface area contributed by atoms with Gasteiger partial charge in [0.1, 0.15) is 15.3 Å². The number of hydrogen-bond donors (Lipinski definition) is 1. The molecule has 2 aliphatic rings. The second kappa shape index (κ2) is 12.4. The summed E-state index contributed by atoms with van der Waals surface area (Å²) in [6.07, 6.45) is 16.1. The monoisotopic (exact) mass is 774 g/mol. The fraction of sp³-hybridized carbons (Fsp3) is 0.500. The number of aryl methyl sites for hydroxylation is 2. The third kappa shape index (κ3) is 8.57. The van der Waals surface area contributed by atoms with Crippen molar-refractivity contribution in [1.29, 1.82) is 0 Å². The predicted molar refractivity (Wildman–Crippen MR) is 163 cm³/mol. The lowest BCUT2D eigenvalue weighted by molar-refractivity contribution is 0.112. The molecule has 0 bridgehead atoms. The second-order valence-corrected chi connectivity index (χ2v) is 13.7. The summed E-state index contributed by atoms with van der Waals surface area (Å²) in [6.45, 7) is 6.38. The first-order valence-corrected chi connectivity index (χ1v) is 15.3. The standard InChI is InChI=1S/C13H17BrN4O.C9H12N2O.C4H4BrIN2/c1-13(3-4-13)8-18-6-9(5-15-18)11(19)10-7-17(2)16-12(10)14;1-9(2-3-9)7-11-5-8(6-12)4-10-11;1-8-2-3(6)4(5)7-8/h5-7,11,19H,3-4,8H2,1-2H3;4-6H,2-3,7H2,1H3;2H,1H3. The van der Waals surface area contributed by atoms with E-state index >= 15 is 0 Å². The summed E-state index contributed by atoms with van der Waals surface area (Å²) in [6, 6.07) is 0. The fourth-order valence-electron chi connectivity index (χ4n) is 3.93. The van der Waals surface area contributed by atoms with E-state index in [1.165, 1.54) is 25.7 Å². The first-order chi connectivity index (χ1) is 18.4. The molecule has 4 heterocycles. The minimum absolute atomic E-state index is 0.406. The topological polar surface area (TPSA) is 109 Å². The van der Waals surface area contributed by atoms with E-state index in [0.29, 0.717) is 21.0 Å². The van der Waals surface area contributed by atoms with Crippen LogP contribution < -0.4 is 0 Å². The summed E-state index contributed by atoms with van der Waals surface area (Å²) < 4.78 is 9.96. The van der Waals surface area contributed by atoms with E-state index in [2.05, 4.69) is 88.7 Å². The van der Waals surface area contributed by atoms with E-state index in [9.17, 15) is 9.90 Å². The first-order valence-electron chi connectivity index (χ1n) is 12.6. The lowest BCUT2D eigenvalue weighted by atomic mass is 10.1. The van der Waals surface area contributed by atoms with Crippen LogP contribution in [0.2, 0.25) is 0 Å². The Hall–Kier alpha value is -1.84. The highest BCUT2D eigenvalue weighted by Crippen LogP contribution is 2.46. The van der Waals surface area contributed by atoms with E-state index in [1.807, 2.05) is 42.0 Å². The molecule has 0 amide bonds. The van der Waals surface area contributed by atoms with Gasteiger partial charge in [-0.25, -0.2) is 0 Å². The van der Waals surface area contributed by atoms with Gasteiger partial charge in [0, 0.05) is 63.1 Å². The van der Waals surface area contributed by atoms with Gasteiger partial charge in [0.05, 0.1) is 21.5 Å². The Labute approximate surface area is 258 Å². The molecule has 39 heavy (non-hydrogen) atoms. The van der Waals surface area contributed by atoms with Crippen LogP contribution in [0.1, 0.15) is 67.1 Å². The van der Waals surface area contributed by atoms with Crippen molar-refractivity contribution in [3.05, 3.63) is 66.6 Å². The molecule has 2 saturated carbocycles. The Morgan fingerprint density at radius 2 is 1.46 bits per heavy atom. The van der Waals surface area contributed by atoms with Gasteiger partial charge in [-0.1, -0.05) is 13.8 Å². The summed E-state index contributed by atoms with van der Waals surface area (Å²) in [7, 11) is 3.73. The van der Waals surface area contributed by atoms with Crippen LogP contribution in [0.4, 0.5) is 0 Å². The van der Waals surface area contributed by atoms with Crippen LogP contribution in [-0.4, -0.2) is 50.5 Å². The number of aromatic nitrogens is 8. The van der Waals surface area contributed by atoms with E-state index < -0.39 is 6.10 Å². The van der Waals surface area contributed by atoms with Gasteiger partial charge in [-0.05, 0) is 91.0 Å². The maximum atomic E-state index is 10.4. The molecule has 10 nitrogen and oxygen atoms in total. The first kappa shape index (κ1) is 30.1. The van der Waals surface area contributed by atoms with Crippen molar-refractivity contribution in [1.82, 2.24) is 39.1 Å². The molecule has 0 aliphatic heterocycles. The lowest BCUT2D eigenvalue weighted by Gasteiger charge is -2.08. The molecule has 13 heteroatoms. The van der Waals surface area contributed by atoms with Gasteiger partial charge in [0.25, 0.3) is 0 Å². The highest BCUT2D eigenvalue weighted by atomic mass is 127. The van der Waals surface area contributed by atoms with Crippen molar-refractivity contribution >= 4 is 60.7 Å². The van der Waals surface area contributed by atoms with Gasteiger partial charge in [-0.2, -0.15) is 20.4 Å². The number of carbonyl (C=O) groups is 1. The molecule has 0 aromatic carbocycles. The number of aldehydes is 1. The van der Waals surface area contributed by atoms with Crippen molar-refractivity contribution in [3.63, 3.8) is 0 Å². The van der Waals surface area contributed by atoms with Crippen molar-refractivity contribution in [3.8, 4) is 0 Å². The van der Waals surface area contributed by atoms with Gasteiger partial charge in [-0.15, -0.1) is 0 Å². The molecule has 4 aromatic rings. The highest BCUT2D eigenvalue weighted by molar-refractivity contribution is 14.1. The van der Waals surface area contributed by atoms with E-state index in [0.717, 1.165) is 38.7 Å². The van der Waals surface area contributed by atoms with Crippen molar-refractivity contribution in [2.45, 2.75) is 58.7 Å². The largest absolute Gasteiger partial charge is 0.383 e. The maximum absolute atomic E-state index is 10.4. The summed E-state index contributed by atoms with van der Waals surface area (Å²) in [4.78, 5) is 10.3. The van der Waals surface area contributed by atoms with Gasteiger partial charge in [-0.3, -0.25) is 23.5 Å². The minimum Gasteiger partial charge on any atom is -0.383 e. The molecule has 4 aromatic heterocycles. The number of aliphatic hydroxyl groups excluding tert-OH is 1. The van der Waals surface area contributed by atoms with Gasteiger partial charge >= 0.3 is 0 Å². The van der Waals surface area contributed by atoms with Crippen molar-refractivity contribution in [2.24, 2.45) is 24.9 Å². The molecule has 0 spiro atoms. The number of nitrogens with zero attached hydrogens (tertiary/aromatic N) is 8. The number of carbonyl (C=O) groups excluding carboxylic acids is 1. The Balaban J connectivity index is 0.000000150. The Kier molecular flexibility index (Phi) is 9.54. The molecule has 0 saturated heterocycles. The predicted octanol–water partition coefficient (Wildman–Crippen LogP) is 5.54. The van der Waals surface area contributed by atoms with E-state index in [4.69, 9.17) is 0 Å². The number of halogens is 3. The lowest BCUT2D eigenvalue weighted by Crippen LogP contribution is -2.08. The Morgan fingerprint density at radius 3 is 1.87 bits per heavy atom. The molecule has 1 N–H and O–H groups in total. The average molecular weight is 776 g/mol. The van der Waals surface area contributed by atoms with Crippen LogP contribution in [0.3, 0.4) is 0 Å². The zero-order valence-corrected chi connectivity index (χ0v) is 27.8. The van der Waals surface area contributed by atoms with E-state index in [-0.39, 0.29) is 0 Å². The Bertz CT molecular complexity index is 1400. The third-order valence-electron chi connectivity index (χ3n) is 6.90. The smallest absolute Gasteiger partial charge is 0.153 e. The molecule has 1 atom stereocenters. The number of aliphatic hydroxyl groups is 1. The highest BCUT2D eigenvalue weighted by Gasteiger charge is 2.38. The summed E-state index contributed by atoms with van der Waals surface area (Å²) in [5.41, 5.74) is 3.09. The van der Waals surface area contributed by atoms with Crippen LogP contribution in [0.15, 0.2) is 46.4 Å². The van der Waals surface area contributed by atoms with Gasteiger partial charge in [0.2, 0.25) is 0 Å². The normalized spacial score (nSPS) is 16.9. The SMILES string of the molecule is CC1(Cn2cc(C=O)cn2)CC1.Cn1cc(C(O)c2cnn(CC3(C)CC3)c2)c(Br)n1.Cn1cc(I)c(Br)n1. The summed E-state index contributed by atoms with van der Waals surface area (Å²) in [5, 5.41) is 27.0. The molecular weight excluding hydrogens is 743 g/mol. The number of hydrogen-bond acceptors (Lipinski definition) is 6. The fourth-order valence-corrected chi connectivity index (χ4v) is 5.37. The van der Waals surface area contributed by atoms with Crippen LogP contribution in [0, 0.1) is 14.4 Å². The van der Waals surface area contributed by atoms with Gasteiger partial charge < -0.3 is 5.11 Å². The van der Waals surface area contributed by atoms with E-state index in [1.54, 1.807) is 28.0 Å².